The molecule has 1 aliphatic heterocycles. The molecule has 0 aliphatic carbocycles. The molecule has 0 saturated heterocycles. The van der Waals surface area contributed by atoms with E-state index < -0.39 is 17.8 Å². The van der Waals surface area contributed by atoms with Gasteiger partial charge in [-0.25, -0.2) is 14.2 Å². The van der Waals surface area contributed by atoms with E-state index in [1.54, 1.807) is 38.3 Å². The Morgan fingerprint density at radius 2 is 1.67 bits per heavy atom. The first kappa shape index (κ1) is 29.8. The van der Waals surface area contributed by atoms with Crippen LogP contribution < -0.4 is 24.4 Å². The van der Waals surface area contributed by atoms with Gasteiger partial charge in [0.1, 0.15) is 12.4 Å². The molecule has 45 heavy (non-hydrogen) atoms. The molecule has 9 heteroatoms. The molecule has 0 radical (unpaired) electrons. The molecule has 4 aromatic carbocycles. The molecule has 226 valence electrons. The van der Waals surface area contributed by atoms with Crippen LogP contribution in [0.25, 0.3) is 11.8 Å². The quantitative estimate of drug-likeness (QED) is 0.199. The summed E-state index contributed by atoms with van der Waals surface area (Å²) >= 11 is 1.19. The number of benzene rings is 4. The highest BCUT2D eigenvalue weighted by Crippen LogP contribution is 2.36. The van der Waals surface area contributed by atoms with Crippen LogP contribution in [0.5, 0.6) is 11.5 Å². The molecule has 1 atom stereocenters. The third kappa shape index (κ3) is 6.07. The van der Waals surface area contributed by atoms with E-state index >= 15 is 0 Å². The summed E-state index contributed by atoms with van der Waals surface area (Å²) in [5.74, 6) is -0.0279. The second kappa shape index (κ2) is 13.2. The average Bonchev–Trinajstić information content (AvgIpc) is 3.38. The topological polar surface area (TPSA) is 79.1 Å². The van der Waals surface area contributed by atoms with Crippen molar-refractivity contribution < 1.29 is 23.4 Å². The Bertz CT molecular complexity index is 2050. The fourth-order valence-corrected chi connectivity index (χ4v) is 6.23. The minimum absolute atomic E-state index is 0.132. The zero-order valence-corrected chi connectivity index (χ0v) is 25.4. The maximum atomic E-state index is 14.2. The van der Waals surface area contributed by atoms with Crippen molar-refractivity contribution in [3.05, 3.63) is 156 Å². The predicted octanol–water partition coefficient (Wildman–Crippen LogP) is 5.66. The van der Waals surface area contributed by atoms with Crippen LogP contribution in [0.2, 0.25) is 0 Å². The fraction of sp³-hybridized carbons (Fsp3) is 0.139. The van der Waals surface area contributed by atoms with Crippen LogP contribution >= 0.6 is 11.3 Å². The van der Waals surface area contributed by atoms with Gasteiger partial charge in [-0.1, -0.05) is 96.3 Å². The molecule has 2 heterocycles. The van der Waals surface area contributed by atoms with Gasteiger partial charge in [-0.3, -0.25) is 9.36 Å². The van der Waals surface area contributed by atoms with E-state index in [4.69, 9.17) is 19.2 Å². The van der Waals surface area contributed by atoms with Crippen LogP contribution in [0.15, 0.2) is 118 Å². The lowest BCUT2D eigenvalue weighted by Crippen LogP contribution is -2.40. The van der Waals surface area contributed by atoms with Gasteiger partial charge in [-0.2, -0.15) is 0 Å². The van der Waals surface area contributed by atoms with Crippen molar-refractivity contribution in [3.63, 3.8) is 0 Å². The number of esters is 1. The summed E-state index contributed by atoms with van der Waals surface area (Å²) in [6, 6.07) is 29.3. The van der Waals surface area contributed by atoms with Crippen LogP contribution in [0.1, 0.15) is 35.2 Å². The van der Waals surface area contributed by atoms with E-state index in [1.165, 1.54) is 28.0 Å². The number of nitrogens with zero attached hydrogens (tertiary/aromatic N) is 2. The highest BCUT2D eigenvalue weighted by atomic mass is 32.1. The molecule has 0 amide bonds. The lowest BCUT2D eigenvalue weighted by Gasteiger charge is -2.25. The van der Waals surface area contributed by atoms with E-state index in [0.717, 1.165) is 5.56 Å². The normalized spacial score (nSPS) is 14.5. The van der Waals surface area contributed by atoms with Gasteiger partial charge < -0.3 is 14.2 Å². The minimum atomic E-state index is -0.905. The molecule has 0 N–H and O–H groups in total. The number of halogens is 1. The summed E-state index contributed by atoms with van der Waals surface area (Å²) in [6.07, 6.45) is 1.74. The number of methoxy groups -OCH3 is 1. The predicted molar refractivity (Wildman–Crippen MR) is 171 cm³/mol. The second-order valence-corrected chi connectivity index (χ2v) is 11.1. The Morgan fingerprint density at radius 1 is 0.956 bits per heavy atom. The van der Waals surface area contributed by atoms with Crippen LogP contribution in [0.3, 0.4) is 0 Å². The first-order valence-corrected chi connectivity index (χ1v) is 15.2. The van der Waals surface area contributed by atoms with Gasteiger partial charge in [0.05, 0.1) is 35.6 Å². The number of hydrogen-bond donors (Lipinski definition) is 0. The number of carbonyl (C=O) groups is 1. The molecule has 0 bridgehead atoms. The van der Waals surface area contributed by atoms with Crippen molar-refractivity contribution >= 4 is 29.1 Å². The second-order valence-electron chi connectivity index (χ2n) is 10.1. The summed E-state index contributed by atoms with van der Waals surface area (Å²) in [7, 11) is 1.56. The zero-order chi connectivity index (χ0) is 31.3. The smallest absolute Gasteiger partial charge is 0.338 e. The SMILES string of the molecule is CCOC(=O)C1=C(c2ccccc2)N=c2s/c(=C\c3cccc(OC)c3OCc3ccccc3)c(=O)n2[C@H]1c1ccc(F)cc1. The Hall–Kier alpha value is -5.28. The Labute approximate surface area is 262 Å². The summed E-state index contributed by atoms with van der Waals surface area (Å²) in [5, 5.41) is 0. The number of carbonyl (C=O) groups excluding carboxylic acids is 1. The Balaban J connectivity index is 1.56. The molecule has 1 aromatic heterocycles. The number of aromatic nitrogens is 1. The molecule has 0 unspecified atom stereocenters. The Kier molecular flexibility index (Phi) is 8.70. The fourth-order valence-electron chi connectivity index (χ4n) is 5.23. The van der Waals surface area contributed by atoms with Gasteiger partial charge in [0.15, 0.2) is 16.3 Å². The van der Waals surface area contributed by atoms with Crippen LogP contribution in [0.4, 0.5) is 4.39 Å². The average molecular weight is 621 g/mol. The van der Waals surface area contributed by atoms with Crippen LogP contribution in [-0.2, 0) is 16.1 Å². The summed E-state index contributed by atoms with van der Waals surface area (Å²) in [6.45, 7) is 2.15. The maximum Gasteiger partial charge on any atom is 0.338 e. The van der Waals surface area contributed by atoms with Crippen LogP contribution in [0, 0.1) is 5.82 Å². The molecule has 7 nitrogen and oxygen atoms in total. The monoisotopic (exact) mass is 620 g/mol. The Morgan fingerprint density at radius 3 is 2.36 bits per heavy atom. The molecule has 6 rings (SSSR count). The van der Waals surface area contributed by atoms with Crippen molar-refractivity contribution in [1.82, 2.24) is 4.57 Å². The molecular formula is C36H29FN2O5S. The number of para-hydroxylation sites is 1. The third-order valence-electron chi connectivity index (χ3n) is 7.30. The summed E-state index contributed by atoms with van der Waals surface area (Å²) < 4.78 is 33.2. The van der Waals surface area contributed by atoms with Crippen molar-refractivity contribution in [1.29, 1.82) is 0 Å². The molecule has 0 saturated carbocycles. The summed E-state index contributed by atoms with van der Waals surface area (Å²) in [5.41, 5.74) is 3.08. The van der Waals surface area contributed by atoms with Crippen molar-refractivity contribution in [2.45, 2.75) is 19.6 Å². The molecule has 5 aromatic rings. The first-order chi connectivity index (χ1) is 22.0. The highest BCUT2D eigenvalue weighted by molar-refractivity contribution is 7.07. The van der Waals surface area contributed by atoms with E-state index in [2.05, 4.69) is 0 Å². The van der Waals surface area contributed by atoms with Gasteiger partial charge in [0, 0.05) is 11.1 Å². The zero-order valence-electron chi connectivity index (χ0n) is 24.6. The van der Waals surface area contributed by atoms with Gasteiger partial charge in [-0.05, 0) is 42.3 Å². The van der Waals surface area contributed by atoms with E-state index in [1.807, 2.05) is 72.8 Å². The van der Waals surface area contributed by atoms with Crippen LogP contribution in [-0.4, -0.2) is 24.3 Å². The lowest BCUT2D eigenvalue weighted by molar-refractivity contribution is -0.138. The number of thiazole rings is 1. The van der Waals surface area contributed by atoms with Crippen molar-refractivity contribution in [2.24, 2.45) is 4.99 Å². The van der Waals surface area contributed by atoms with Gasteiger partial charge >= 0.3 is 5.97 Å². The largest absolute Gasteiger partial charge is 0.493 e. The minimum Gasteiger partial charge on any atom is -0.493 e. The number of ether oxygens (including phenoxy) is 3. The van der Waals surface area contributed by atoms with Crippen molar-refractivity contribution in [3.8, 4) is 11.5 Å². The van der Waals surface area contributed by atoms with E-state index in [9.17, 15) is 14.0 Å². The van der Waals surface area contributed by atoms with Gasteiger partial charge in [0.2, 0.25) is 0 Å². The molecular weight excluding hydrogens is 591 g/mol. The third-order valence-corrected chi connectivity index (χ3v) is 8.28. The number of hydrogen-bond acceptors (Lipinski definition) is 7. The molecule has 1 aliphatic rings. The highest BCUT2D eigenvalue weighted by Gasteiger charge is 2.35. The molecule has 0 fully saturated rings. The van der Waals surface area contributed by atoms with Crippen molar-refractivity contribution in [2.75, 3.05) is 13.7 Å². The van der Waals surface area contributed by atoms with E-state index in [0.29, 0.717) is 49.8 Å². The van der Waals surface area contributed by atoms with Gasteiger partial charge in [0.25, 0.3) is 5.56 Å². The number of rotatable bonds is 9. The maximum absolute atomic E-state index is 14.2. The summed E-state index contributed by atoms with van der Waals surface area (Å²) in [4.78, 5) is 33.1. The van der Waals surface area contributed by atoms with Gasteiger partial charge in [-0.15, -0.1) is 0 Å². The lowest BCUT2D eigenvalue weighted by atomic mass is 9.93. The standard InChI is InChI=1S/C36H29FN2O5S/c1-3-43-35(41)30-31(24-13-8-5-9-14-24)38-36-39(32(30)25-17-19-27(37)20-18-25)34(40)29(45-36)21-26-15-10-16-28(42-2)33(26)44-22-23-11-6-4-7-12-23/h4-21,32H,3,22H2,1-2H3/b29-21-/t32-/m0/s1. The number of fused-ring (bicyclic) bond motifs is 1. The van der Waals surface area contributed by atoms with E-state index in [-0.39, 0.29) is 17.7 Å². The molecule has 0 spiro atoms. The first-order valence-electron chi connectivity index (χ1n) is 14.4.